The number of carbonyl (C=O) groups excluding carboxylic acids is 1. The van der Waals surface area contributed by atoms with Crippen molar-refractivity contribution in [2.24, 2.45) is 7.05 Å². The second-order valence-corrected chi connectivity index (χ2v) is 5.95. The van der Waals surface area contributed by atoms with Crippen LogP contribution in [0.1, 0.15) is 34.8 Å². The van der Waals surface area contributed by atoms with E-state index in [1.807, 2.05) is 18.2 Å². The van der Waals surface area contributed by atoms with E-state index in [0.29, 0.717) is 17.9 Å². The van der Waals surface area contributed by atoms with Crippen LogP contribution in [0.25, 0.3) is 0 Å². The molecule has 0 bridgehead atoms. The molecule has 23 heavy (non-hydrogen) atoms. The third-order valence-corrected chi connectivity index (χ3v) is 4.45. The number of benzene rings is 1. The molecular weight excluding hydrogens is 290 g/mol. The van der Waals surface area contributed by atoms with Crippen LogP contribution in [0.4, 0.5) is 5.82 Å². The van der Waals surface area contributed by atoms with Gasteiger partial charge in [-0.25, -0.2) is 0 Å². The summed E-state index contributed by atoms with van der Waals surface area (Å²) in [5.41, 5.74) is 7.53. The predicted molar refractivity (Wildman–Crippen MR) is 89.9 cm³/mol. The minimum Gasteiger partial charge on any atom is -0.383 e. The number of aryl methyl sites for hydroxylation is 1. The lowest BCUT2D eigenvalue weighted by atomic mass is 10.1. The van der Waals surface area contributed by atoms with Crippen molar-refractivity contribution in [3.05, 3.63) is 47.7 Å². The zero-order valence-corrected chi connectivity index (χ0v) is 13.4. The van der Waals surface area contributed by atoms with Gasteiger partial charge in [-0.15, -0.1) is 0 Å². The van der Waals surface area contributed by atoms with Gasteiger partial charge in [0.2, 0.25) is 0 Å². The number of amides is 1. The van der Waals surface area contributed by atoms with Crippen molar-refractivity contribution in [3.8, 4) is 0 Å². The molecular formula is C17H23N5O. The average molecular weight is 313 g/mol. The van der Waals surface area contributed by atoms with Gasteiger partial charge in [0.1, 0.15) is 11.4 Å². The number of nitrogens with zero attached hydrogens (tertiary/aromatic N) is 3. The van der Waals surface area contributed by atoms with E-state index in [1.165, 1.54) is 29.3 Å². The van der Waals surface area contributed by atoms with Crippen LogP contribution in [0, 0.1) is 0 Å². The van der Waals surface area contributed by atoms with Crippen molar-refractivity contribution in [1.82, 2.24) is 20.0 Å². The summed E-state index contributed by atoms with van der Waals surface area (Å²) in [7, 11) is 1.73. The fraction of sp³-hybridized carbons (Fsp3) is 0.412. The zero-order valence-electron chi connectivity index (χ0n) is 13.4. The van der Waals surface area contributed by atoms with Crippen LogP contribution in [0.2, 0.25) is 0 Å². The van der Waals surface area contributed by atoms with Gasteiger partial charge < -0.3 is 11.1 Å². The third kappa shape index (κ3) is 3.37. The molecule has 1 atom stereocenters. The van der Waals surface area contributed by atoms with Crippen LogP contribution >= 0.6 is 0 Å². The number of hydrogen-bond acceptors (Lipinski definition) is 4. The number of anilines is 1. The van der Waals surface area contributed by atoms with E-state index in [0.717, 1.165) is 13.1 Å². The molecule has 0 aliphatic carbocycles. The van der Waals surface area contributed by atoms with E-state index >= 15 is 0 Å². The molecule has 2 aromatic rings. The number of likely N-dealkylation sites (tertiary alicyclic amines) is 1. The summed E-state index contributed by atoms with van der Waals surface area (Å²) in [6.07, 6.45) is 3.94. The Morgan fingerprint density at radius 2 is 2.00 bits per heavy atom. The largest absolute Gasteiger partial charge is 0.383 e. The van der Waals surface area contributed by atoms with Crippen LogP contribution in [0.5, 0.6) is 0 Å². The van der Waals surface area contributed by atoms with Gasteiger partial charge in [0.15, 0.2) is 0 Å². The van der Waals surface area contributed by atoms with Gasteiger partial charge in [0.05, 0.1) is 12.2 Å². The molecule has 0 spiro atoms. The molecule has 1 aromatic carbocycles. The summed E-state index contributed by atoms with van der Waals surface area (Å²) >= 11 is 0. The SMILES string of the molecule is Cn1ncc(C(=O)NCC(c2ccccc2)N2CCCC2)c1N. The van der Waals surface area contributed by atoms with Gasteiger partial charge in [-0.1, -0.05) is 30.3 Å². The molecule has 3 rings (SSSR count). The van der Waals surface area contributed by atoms with Gasteiger partial charge in [-0.3, -0.25) is 14.4 Å². The van der Waals surface area contributed by atoms with Crippen molar-refractivity contribution in [2.45, 2.75) is 18.9 Å². The van der Waals surface area contributed by atoms with E-state index in [2.05, 4.69) is 27.4 Å². The van der Waals surface area contributed by atoms with Crippen molar-refractivity contribution >= 4 is 11.7 Å². The van der Waals surface area contributed by atoms with Crippen molar-refractivity contribution in [1.29, 1.82) is 0 Å². The number of hydrogen-bond donors (Lipinski definition) is 2. The first kappa shape index (κ1) is 15.6. The van der Waals surface area contributed by atoms with Gasteiger partial charge in [0, 0.05) is 13.6 Å². The smallest absolute Gasteiger partial charge is 0.256 e. The lowest BCUT2D eigenvalue weighted by molar-refractivity contribution is 0.0939. The number of nitrogens with one attached hydrogen (secondary N) is 1. The van der Waals surface area contributed by atoms with Gasteiger partial charge in [-0.05, 0) is 31.5 Å². The highest BCUT2D eigenvalue weighted by molar-refractivity contribution is 5.98. The van der Waals surface area contributed by atoms with E-state index in [9.17, 15) is 4.79 Å². The highest BCUT2D eigenvalue weighted by Gasteiger charge is 2.24. The van der Waals surface area contributed by atoms with E-state index in [4.69, 9.17) is 5.73 Å². The van der Waals surface area contributed by atoms with Crippen LogP contribution in [-0.2, 0) is 7.05 Å². The van der Waals surface area contributed by atoms with E-state index in [-0.39, 0.29) is 11.9 Å². The van der Waals surface area contributed by atoms with Gasteiger partial charge in [0.25, 0.3) is 5.91 Å². The molecule has 6 nitrogen and oxygen atoms in total. The van der Waals surface area contributed by atoms with Crippen molar-refractivity contribution in [3.63, 3.8) is 0 Å². The first-order valence-electron chi connectivity index (χ1n) is 8.01. The summed E-state index contributed by atoms with van der Waals surface area (Å²) in [5, 5.41) is 7.04. The second-order valence-electron chi connectivity index (χ2n) is 5.95. The van der Waals surface area contributed by atoms with E-state index < -0.39 is 0 Å². The second kappa shape index (κ2) is 6.83. The van der Waals surface area contributed by atoms with Crippen molar-refractivity contribution < 1.29 is 4.79 Å². The van der Waals surface area contributed by atoms with Crippen LogP contribution in [-0.4, -0.2) is 40.2 Å². The normalized spacial score (nSPS) is 16.4. The number of nitrogen functional groups attached to an aromatic ring is 1. The fourth-order valence-corrected chi connectivity index (χ4v) is 3.09. The number of rotatable bonds is 5. The molecule has 1 aliphatic heterocycles. The number of aromatic nitrogens is 2. The lowest BCUT2D eigenvalue weighted by Crippen LogP contribution is -2.36. The maximum Gasteiger partial charge on any atom is 0.256 e. The zero-order chi connectivity index (χ0) is 16.2. The Bertz CT molecular complexity index is 661. The Morgan fingerprint density at radius 3 is 2.61 bits per heavy atom. The molecule has 1 amide bonds. The summed E-state index contributed by atoms with van der Waals surface area (Å²) in [6.45, 7) is 2.71. The number of nitrogens with two attached hydrogens (primary N) is 1. The van der Waals surface area contributed by atoms with Gasteiger partial charge >= 0.3 is 0 Å². The summed E-state index contributed by atoms with van der Waals surface area (Å²) in [5.74, 6) is 0.218. The Balaban J connectivity index is 1.71. The average Bonchev–Trinajstić information content (AvgIpc) is 3.20. The summed E-state index contributed by atoms with van der Waals surface area (Å²) in [4.78, 5) is 14.8. The minimum absolute atomic E-state index is 0.171. The lowest BCUT2D eigenvalue weighted by Gasteiger charge is -2.28. The fourth-order valence-electron chi connectivity index (χ4n) is 3.09. The molecule has 3 N–H and O–H groups in total. The molecule has 1 aromatic heterocycles. The Kier molecular flexibility index (Phi) is 4.62. The number of carbonyl (C=O) groups is 1. The molecule has 122 valence electrons. The highest BCUT2D eigenvalue weighted by Crippen LogP contribution is 2.24. The summed E-state index contributed by atoms with van der Waals surface area (Å²) < 4.78 is 1.50. The topological polar surface area (TPSA) is 76.2 Å². The van der Waals surface area contributed by atoms with Crippen LogP contribution in [0.15, 0.2) is 36.5 Å². The molecule has 6 heteroatoms. The maximum atomic E-state index is 12.4. The summed E-state index contributed by atoms with van der Waals surface area (Å²) in [6, 6.07) is 10.5. The standard InChI is InChI=1S/C17H23N5O/c1-21-16(18)14(11-20-21)17(23)19-12-15(22-9-5-6-10-22)13-7-3-2-4-8-13/h2-4,7-8,11,15H,5-6,9-10,12,18H2,1H3,(H,19,23). The third-order valence-electron chi connectivity index (χ3n) is 4.45. The van der Waals surface area contributed by atoms with Crippen molar-refractivity contribution in [2.75, 3.05) is 25.4 Å². The Morgan fingerprint density at radius 1 is 1.30 bits per heavy atom. The van der Waals surface area contributed by atoms with E-state index in [1.54, 1.807) is 7.05 Å². The molecule has 1 fully saturated rings. The first-order chi connectivity index (χ1) is 11.2. The molecule has 1 saturated heterocycles. The Hall–Kier alpha value is -2.34. The molecule has 0 saturated carbocycles. The van der Waals surface area contributed by atoms with Crippen LogP contribution in [0.3, 0.4) is 0 Å². The monoisotopic (exact) mass is 313 g/mol. The predicted octanol–water partition coefficient (Wildman–Crippen LogP) is 1.57. The van der Waals surface area contributed by atoms with Gasteiger partial charge in [-0.2, -0.15) is 5.10 Å². The first-order valence-corrected chi connectivity index (χ1v) is 8.01. The van der Waals surface area contributed by atoms with Crippen LogP contribution < -0.4 is 11.1 Å². The molecule has 1 unspecified atom stereocenters. The Labute approximate surface area is 136 Å². The molecule has 1 aliphatic rings. The minimum atomic E-state index is -0.171. The quantitative estimate of drug-likeness (QED) is 0.878. The molecule has 0 radical (unpaired) electrons. The highest BCUT2D eigenvalue weighted by atomic mass is 16.1. The maximum absolute atomic E-state index is 12.4. The molecule has 2 heterocycles.